The number of rotatable bonds is 0. The molecule has 0 aromatic carbocycles. The molecule has 1 radical (unpaired) electrons. The lowest BCUT2D eigenvalue weighted by Gasteiger charge is -1.96. The maximum Gasteiger partial charge on any atom is 0.0214 e. The van der Waals surface area contributed by atoms with Crippen LogP contribution < -0.4 is 0 Å². The Kier molecular flexibility index (Phi) is 1.97. The fourth-order valence-corrected chi connectivity index (χ4v) is 0.868. The number of halogens is 1. The molecule has 0 N–H and O–H groups in total. The zero-order valence-electron chi connectivity index (χ0n) is 4.15. The van der Waals surface area contributed by atoms with Crippen LogP contribution in [0.25, 0.3) is 0 Å². The molecule has 0 heterocycles. The Balaban J connectivity index is 2.71. The predicted molar refractivity (Wildman–Crippen MR) is 42.0 cm³/mol. The van der Waals surface area contributed by atoms with Gasteiger partial charge in [-0.25, -0.2) is 0 Å². The number of hydrogen-bond acceptors (Lipinski definition) is 1. The van der Waals surface area contributed by atoms with Crippen LogP contribution in [0.4, 0.5) is 0 Å². The average Bonchev–Trinajstić information content (AvgIpc) is 1.77. The molecule has 0 amide bonds. The first kappa shape index (κ1) is 6.17. The molecule has 0 fully saturated rings. The summed E-state index contributed by atoms with van der Waals surface area (Å²) in [6, 6.07) is 0. The summed E-state index contributed by atoms with van der Waals surface area (Å²) in [5.74, 6) is 0. The van der Waals surface area contributed by atoms with Crippen molar-refractivity contribution in [1.29, 1.82) is 0 Å². The minimum Gasteiger partial charge on any atom is -0.0846 e. The zero-order valence-corrected chi connectivity index (χ0v) is 6.55. The van der Waals surface area contributed by atoms with E-state index in [0.29, 0.717) is 0 Å². The zero-order chi connectivity index (χ0) is 5.98. The minimum atomic E-state index is 0.784. The summed E-state index contributed by atoms with van der Waals surface area (Å²) in [6.07, 6.45) is 7.64. The van der Waals surface area contributed by atoms with Gasteiger partial charge >= 0.3 is 0 Å². The van der Waals surface area contributed by atoms with Crippen molar-refractivity contribution in [3.63, 3.8) is 0 Å². The van der Waals surface area contributed by atoms with Gasteiger partial charge in [-0.1, -0.05) is 28.1 Å². The Labute approximate surface area is 62.4 Å². The van der Waals surface area contributed by atoms with E-state index in [9.17, 15) is 0 Å². The van der Waals surface area contributed by atoms with Gasteiger partial charge in [0.1, 0.15) is 0 Å². The SMILES string of the molecule is S=C1C=CC(Br)=[C]C1. The number of allylic oxidation sites excluding steroid dienone is 4. The van der Waals surface area contributed by atoms with Gasteiger partial charge in [0, 0.05) is 15.8 Å². The number of thiocarbonyl (C=S) groups is 1. The molecule has 8 heavy (non-hydrogen) atoms. The molecule has 0 aliphatic heterocycles. The van der Waals surface area contributed by atoms with Crippen molar-refractivity contribution in [3.05, 3.63) is 22.7 Å². The highest BCUT2D eigenvalue weighted by Crippen LogP contribution is 2.12. The van der Waals surface area contributed by atoms with E-state index >= 15 is 0 Å². The molecule has 0 aromatic heterocycles. The van der Waals surface area contributed by atoms with Crippen LogP contribution in [-0.4, -0.2) is 4.86 Å². The third-order valence-corrected chi connectivity index (χ3v) is 1.67. The van der Waals surface area contributed by atoms with Gasteiger partial charge in [-0.3, -0.25) is 0 Å². The van der Waals surface area contributed by atoms with Gasteiger partial charge in [0.15, 0.2) is 0 Å². The van der Waals surface area contributed by atoms with Crippen molar-refractivity contribution >= 4 is 33.0 Å². The average molecular weight is 188 g/mol. The van der Waals surface area contributed by atoms with Crippen LogP contribution in [0.5, 0.6) is 0 Å². The van der Waals surface area contributed by atoms with Gasteiger partial charge in [0.2, 0.25) is 0 Å². The summed E-state index contributed by atoms with van der Waals surface area (Å²) in [6.45, 7) is 0. The molecule has 0 saturated heterocycles. The monoisotopic (exact) mass is 187 g/mol. The summed E-state index contributed by atoms with van der Waals surface area (Å²) in [5.41, 5.74) is 0. The molecule has 0 atom stereocenters. The minimum absolute atomic E-state index is 0.784. The summed E-state index contributed by atoms with van der Waals surface area (Å²) in [7, 11) is 0. The molecule has 0 unspecified atom stereocenters. The summed E-state index contributed by atoms with van der Waals surface area (Å²) in [4.78, 5) is 0.952. The molecule has 1 rings (SSSR count). The third kappa shape index (κ3) is 1.53. The van der Waals surface area contributed by atoms with Crippen molar-refractivity contribution in [2.24, 2.45) is 0 Å². The molecule has 41 valence electrons. The van der Waals surface area contributed by atoms with Crippen LogP contribution >= 0.6 is 28.1 Å². The topological polar surface area (TPSA) is 0 Å². The van der Waals surface area contributed by atoms with Crippen LogP contribution in [0.2, 0.25) is 0 Å². The highest BCUT2D eigenvalue weighted by Gasteiger charge is 1.95. The summed E-state index contributed by atoms with van der Waals surface area (Å²) >= 11 is 8.15. The lowest BCUT2D eigenvalue weighted by atomic mass is 10.2. The molecule has 0 bridgehead atoms. The maximum atomic E-state index is 4.88. The Morgan fingerprint density at radius 3 is 2.75 bits per heavy atom. The Morgan fingerprint density at radius 1 is 1.62 bits per heavy atom. The highest BCUT2D eigenvalue weighted by atomic mass is 79.9. The smallest absolute Gasteiger partial charge is 0.0214 e. The first-order chi connectivity index (χ1) is 3.79. The van der Waals surface area contributed by atoms with Gasteiger partial charge < -0.3 is 0 Å². The Morgan fingerprint density at radius 2 is 2.38 bits per heavy atom. The molecule has 0 spiro atoms. The van der Waals surface area contributed by atoms with E-state index in [-0.39, 0.29) is 0 Å². The second-order valence-electron chi connectivity index (χ2n) is 1.50. The molecular weight excluding hydrogens is 184 g/mol. The fourth-order valence-electron chi connectivity index (χ4n) is 0.456. The lowest BCUT2D eigenvalue weighted by Crippen LogP contribution is -1.90. The van der Waals surface area contributed by atoms with E-state index in [0.717, 1.165) is 15.8 Å². The molecule has 1 aliphatic rings. The van der Waals surface area contributed by atoms with E-state index in [1.54, 1.807) is 0 Å². The van der Waals surface area contributed by atoms with E-state index in [4.69, 9.17) is 12.2 Å². The number of hydrogen-bond donors (Lipinski definition) is 0. The largest absolute Gasteiger partial charge is 0.0846 e. The van der Waals surface area contributed by atoms with Crippen molar-refractivity contribution < 1.29 is 0 Å². The quantitative estimate of drug-likeness (QED) is 0.526. The van der Waals surface area contributed by atoms with Gasteiger partial charge in [-0.05, 0) is 18.2 Å². The fraction of sp³-hybridized carbons (Fsp3) is 0.167. The second-order valence-corrected chi connectivity index (χ2v) is 2.88. The van der Waals surface area contributed by atoms with E-state index in [2.05, 4.69) is 22.0 Å². The normalized spacial score (nSPS) is 18.6. The van der Waals surface area contributed by atoms with Crippen molar-refractivity contribution in [3.8, 4) is 0 Å². The van der Waals surface area contributed by atoms with Crippen molar-refractivity contribution in [2.75, 3.05) is 0 Å². The van der Waals surface area contributed by atoms with E-state index in [1.807, 2.05) is 12.2 Å². The predicted octanol–water partition coefficient (Wildman–Crippen LogP) is 2.40. The first-order valence-corrected chi connectivity index (χ1v) is 3.46. The third-order valence-electron chi connectivity index (χ3n) is 0.847. The van der Waals surface area contributed by atoms with Crippen molar-refractivity contribution in [2.45, 2.75) is 6.42 Å². The van der Waals surface area contributed by atoms with Crippen LogP contribution in [0.1, 0.15) is 6.42 Å². The van der Waals surface area contributed by atoms with Crippen molar-refractivity contribution in [1.82, 2.24) is 0 Å². The maximum absolute atomic E-state index is 4.88. The van der Waals surface area contributed by atoms with Gasteiger partial charge in [-0.15, -0.1) is 0 Å². The van der Waals surface area contributed by atoms with Crippen LogP contribution in [0, 0.1) is 6.08 Å². The Bertz CT molecular complexity index is 165. The standard InChI is InChI=1S/C6H4BrS/c7-5-1-3-6(8)4-2-5/h1,3H,4H2. The molecular formula is C6H4BrS. The van der Waals surface area contributed by atoms with Gasteiger partial charge in [0.25, 0.3) is 0 Å². The summed E-state index contributed by atoms with van der Waals surface area (Å²) < 4.78 is 1.01. The lowest BCUT2D eigenvalue weighted by molar-refractivity contribution is 1.43. The molecule has 1 aliphatic carbocycles. The summed E-state index contributed by atoms with van der Waals surface area (Å²) in [5, 5.41) is 0. The van der Waals surface area contributed by atoms with Crippen LogP contribution in [-0.2, 0) is 0 Å². The molecule has 0 nitrogen and oxygen atoms in total. The van der Waals surface area contributed by atoms with Gasteiger partial charge in [-0.2, -0.15) is 0 Å². The van der Waals surface area contributed by atoms with E-state index < -0.39 is 0 Å². The van der Waals surface area contributed by atoms with Crippen LogP contribution in [0.15, 0.2) is 16.6 Å². The van der Waals surface area contributed by atoms with E-state index in [1.165, 1.54) is 0 Å². The van der Waals surface area contributed by atoms with Gasteiger partial charge in [0.05, 0.1) is 0 Å². The first-order valence-electron chi connectivity index (χ1n) is 2.26. The second kappa shape index (κ2) is 2.55. The van der Waals surface area contributed by atoms with Crippen LogP contribution in [0.3, 0.4) is 0 Å². The molecule has 0 saturated carbocycles. The molecule has 2 heteroatoms. The molecule has 0 aromatic rings. The Hall–Kier alpha value is 0.0500. The highest BCUT2D eigenvalue weighted by molar-refractivity contribution is 9.11.